The number of anilines is 1. The summed E-state index contributed by atoms with van der Waals surface area (Å²) >= 11 is 5.94. The first kappa shape index (κ1) is 16.6. The molecule has 4 rings (SSSR count). The van der Waals surface area contributed by atoms with Crippen molar-refractivity contribution in [2.24, 2.45) is 0 Å². The molecule has 0 amide bonds. The van der Waals surface area contributed by atoms with Gasteiger partial charge in [0.15, 0.2) is 5.82 Å². The van der Waals surface area contributed by atoms with Crippen molar-refractivity contribution >= 4 is 28.2 Å². The third-order valence-corrected chi connectivity index (χ3v) is 4.61. The van der Waals surface area contributed by atoms with E-state index in [0.717, 1.165) is 45.8 Å². The van der Waals surface area contributed by atoms with Crippen LogP contribution in [-0.4, -0.2) is 16.7 Å². The average molecular weight is 360 g/mol. The highest BCUT2D eigenvalue weighted by Crippen LogP contribution is 2.29. The second-order valence-electron chi connectivity index (χ2n) is 6.11. The maximum Gasteiger partial charge on any atom is 0.156 e. The van der Waals surface area contributed by atoms with Gasteiger partial charge in [0.05, 0.1) is 0 Å². The number of hydrogen-bond donors (Lipinski definition) is 1. The van der Waals surface area contributed by atoms with Crippen LogP contribution < -0.4 is 5.32 Å². The maximum atomic E-state index is 5.94. The number of hydrogen-bond acceptors (Lipinski definition) is 3. The monoisotopic (exact) mass is 359 g/mol. The highest BCUT2D eigenvalue weighted by atomic mass is 35.5. The number of nitrogens with zero attached hydrogens (tertiary/aromatic N) is 2. The second-order valence-corrected chi connectivity index (χ2v) is 6.55. The van der Waals surface area contributed by atoms with Gasteiger partial charge in [0.2, 0.25) is 0 Å². The summed E-state index contributed by atoms with van der Waals surface area (Å²) < 4.78 is 0. The van der Waals surface area contributed by atoms with E-state index < -0.39 is 0 Å². The van der Waals surface area contributed by atoms with Crippen molar-refractivity contribution < 1.29 is 0 Å². The van der Waals surface area contributed by atoms with Crippen molar-refractivity contribution in [3.8, 4) is 11.3 Å². The largest absolute Gasteiger partial charge is 0.368 e. The zero-order valence-corrected chi connectivity index (χ0v) is 14.9. The van der Waals surface area contributed by atoms with Crippen LogP contribution >= 0.6 is 11.6 Å². The van der Waals surface area contributed by atoms with Gasteiger partial charge in [0.1, 0.15) is 5.69 Å². The van der Waals surface area contributed by atoms with Gasteiger partial charge >= 0.3 is 0 Å². The van der Waals surface area contributed by atoms with Crippen LogP contribution in [0.25, 0.3) is 22.0 Å². The molecule has 0 saturated carbocycles. The van der Waals surface area contributed by atoms with Gasteiger partial charge < -0.3 is 5.32 Å². The van der Waals surface area contributed by atoms with Crippen LogP contribution in [0.4, 0.5) is 5.82 Å². The number of benzene rings is 3. The van der Waals surface area contributed by atoms with E-state index in [2.05, 4.69) is 39.8 Å². The van der Waals surface area contributed by atoms with Crippen LogP contribution in [0.2, 0.25) is 5.02 Å². The predicted octanol–water partition coefficient (Wildman–Crippen LogP) is 5.60. The third-order valence-electron chi connectivity index (χ3n) is 4.35. The molecule has 0 spiro atoms. The molecule has 128 valence electrons. The van der Waals surface area contributed by atoms with E-state index in [1.54, 1.807) is 0 Å². The first-order valence-electron chi connectivity index (χ1n) is 8.60. The van der Waals surface area contributed by atoms with Crippen molar-refractivity contribution in [1.29, 1.82) is 0 Å². The molecule has 1 heterocycles. The summed E-state index contributed by atoms with van der Waals surface area (Å²) in [6, 6.07) is 26.3. The molecule has 0 aliphatic carbocycles. The smallest absolute Gasteiger partial charge is 0.156 e. The standard InChI is InChI=1S/C22H18ClN3/c23-18-12-10-16(11-13-18)14-15-24-22-20-9-5-4-8-19(20)21(25-26-22)17-6-2-1-3-7-17/h1-13H,14-15H2,(H,24,26). The number of halogens is 1. The van der Waals surface area contributed by atoms with Crippen LogP contribution in [-0.2, 0) is 6.42 Å². The minimum atomic E-state index is 0.759. The molecule has 4 heteroatoms. The highest BCUT2D eigenvalue weighted by molar-refractivity contribution is 6.30. The van der Waals surface area contributed by atoms with Crippen molar-refractivity contribution in [1.82, 2.24) is 10.2 Å². The predicted molar refractivity (Wildman–Crippen MR) is 109 cm³/mol. The highest BCUT2D eigenvalue weighted by Gasteiger charge is 2.10. The molecule has 0 unspecified atom stereocenters. The zero-order chi connectivity index (χ0) is 17.8. The quantitative estimate of drug-likeness (QED) is 0.503. The first-order chi connectivity index (χ1) is 12.8. The van der Waals surface area contributed by atoms with Crippen LogP contribution in [0.3, 0.4) is 0 Å². The lowest BCUT2D eigenvalue weighted by Crippen LogP contribution is -2.08. The Balaban J connectivity index is 1.59. The van der Waals surface area contributed by atoms with Crippen LogP contribution in [0.5, 0.6) is 0 Å². The van der Waals surface area contributed by atoms with E-state index in [1.807, 2.05) is 54.6 Å². The van der Waals surface area contributed by atoms with E-state index >= 15 is 0 Å². The summed E-state index contributed by atoms with van der Waals surface area (Å²) in [6.45, 7) is 0.783. The Kier molecular flexibility index (Phi) is 4.80. The molecule has 1 aromatic heterocycles. The van der Waals surface area contributed by atoms with Gasteiger partial charge in [0, 0.05) is 27.9 Å². The number of nitrogens with one attached hydrogen (secondary N) is 1. The lowest BCUT2D eigenvalue weighted by molar-refractivity contribution is 0.979. The Bertz CT molecular complexity index is 1010. The summed E-state index contributed by atoms with van der Waals surface area (Å²) in [5.41, 5.74) is 3.22. The fraction of sp³-hybridized carbons (Fsp3) is 0.0909. The summed E-state index contributed by atoms with van der Waals surface area (Å²) in [6.07, 6.45) is 0.896. The molecule has 1 N–H and O–H groups in total. The molecule has 0 saturated heterocycles. The normalized spacial score (nSPS) is 10.8. The molecule has 0 aliphatic rings. The van der Waals surface area contributed by atoms with Gasteiger partial charge in [-0.3, -0.25) is 0 Å². The average Bonchev–Trinajstić information content (AvgIpc) is 2.70. The topological polar surface area (TPSA) is 37.8 Å². The first-order valence-corrected chi connectivity index (χ1v) is 8.98. The Morgan fingerprint density at radius 1 is 0.731 bits per heavy atom. The van der Waals surface area contributed by atoms with Gasteiger partial charge in [-0.25, -0.2) is 0 Å². The minimum absolute atomic E-state index is 0.759. The fourth-order valence-corrected chi connectivity index (χ4v) is 3.15. The lowest BCUT2D eigenvalue weighted by atomic mass is 10.0. The third kappa shape index (κ3) is 3.53. The Hall–Kier alpha value is -2.91. The van der Waals surface area contributed by atoms with Crippen molar-refractivity contribution in [2.75, 3.05) is 11.9 Å². The molecule has 0 fully saturated rings. The molecule has 3 nitrogen and oxygen atoms in total. The molecular formula is C22H18ClN3. The molecule has 0 radical (unpaired) electrons. The van der Waals surface area contributed by atoms with E-state index in [-0.39, 0.29) is 0 Å². The van der Waals surface area contributed by atoms with Gasteiger partial charge in [-0.1, -0.05) is 78.3 Å². The molecular weight excluding hydrogens is 342 g/mol. The Morgan fingerprint density at radius 3 is 2.19 bits per heavy atom. The zero-order valence-electron chi connectivity index (χ0n) is 14.2. The van der Waals surface area contributed by atoms with E-state index in [4.69, 9.17) is 11.6 Å². The number of aromatic nitrogens is 2. The van der Waals surface area contributed by atoms with Crippen LogP contribution in [0.15, 0.2) is 78.9 Å². The molecule has 4 aromatic rings. The van der Waals surface area contributed by atoms with Crippen LogP contribution in [0, 0.1) is 0 Å². The maximum absolute atomic E-state index is 5.94. The van der Waals surface area contributed by atoms with E-state index in [1.165, 1.54) is 5.56 Å². The van der Waals surface area contributed by atoms with E-state index in [0.29, 0.717) is 0 Å². The fourth-order valence-electron chi connectivity index (χ4n) is 3.02. The molecule has 0 bridgehead atoms. The number of fused-ring (bicyclic) bond motifs is 1. The summed E-state index contributed by atoms with van der Waals surface area (Å²) in [5, 5.41) is 15.3. The molecule has 26 heavy (non-hydrogen) atoms. The summed E-state index contributed by atoms with van der Waals surface area (Å²) in [7, 11) is 0. The van der Waals surface area contributed by atoms with Gasteiger partial charge in [-0.2, -0.15) is 0 Å². The van der Waals surface area contributed by atoms with Crippen LogP contribution in [0.1, 0.15) is 5.56 Å². The SMILES string of the molecule is Clc1ccc(CCNc2nnc(-c3ccccc3)c3ccccc23)cc1. The van der Waals surface area contributed by atoms with Gasteiger partial charge in [-0.15, -0.1) is 10.2 Å². The van der Waals surface area contributed by atoms with Crippen molar-refractivity contribution in [2.45, 2.75) is 6.42 Å². The second kappa shape index (κ2) is 7.54. The Labute approximate surface area is 157 Å². The summed E-state index contributed by atoms with van der Waals surface area (Å²) in [4.78, 5) is 0. The Morgan fingerprint density at radius 2 is 1.42 bits per heavy atom. The summed E-state index contributed by atoms with van der Waals surface area (Å²) in [5.74, 6) is 0.814. The minimum Gasteiger partial charge on any atom is -0.368 e. The number of rotatable bonds is 5. The van der Waals surface area contributed by atoms with Gasteiger partial charge in [0.25, 0.3) is 0 Å². The van der Waals surface area contributed by atoms with Crippen molar-refractivity contribution in [3.63, 3.8) is 0 Å². The molecule has 0 atom stereocenters. The lowest BCUT2D eigenvalue weighted by Gasteiger charge is -2.11. The van der Waals surface area contributed by atoms with E-state index in [9.17, 15) is 0 Å². The molecule has 3 aromatic carbocycles. The van der Waals surface area contributed by atoms with Crippen molar-refractivity contribution in [3.05, 3.63) is 89.4 Å². The van der Waals surface area contributed by atoms with Gasteiger partial charge in [-0.05, 0) is 24.1 Å². The molecule has 0 aliphatic heterocycles.